The molecule has 146 valence electrons. The van der Waals surface area contributed by atoms with E-state index in [9.17, 15) is 14.9 Å². The Bertz CT molecular complexity index is 1230. The van der Waals surface area contributed by atoms with Crippen molar-refractivity contribution < 1.29 is 9.53 Å². The highest BCUT2D eigenvalue weighted by molar-refractivity contribution is 7.11. The van der Waals surface area contributed by atoms with E-state index < -0.39 is 0 Å². The number of carbonyl (C=O) groups is 1. The van der Waals surface area contributed by atoms with Gasteiger partial charge >= 0.3 is 0 Å². The summed E-state index contributed by atoms with van der Waals surface area (Å²) in [6.45, 7) is 1.74. The number of carbonyl (C=O) groups excluding carboxylic acids is 1. The number of aromatic nitrogens is 1. The number of nitrogens with zero attached hydrogens (tertiary/aromatic N) is 3. The lowest BCUT2D eigenvalue weighted by molar-refractivity contribution is -0.128. The minimum absolute atomic E-state index is 0.0244. The van der Waals surface area contributed by atoms with Gasteiger partial charge in [0.1, 0.15) is 10.7 Å². The minimum Gasteiger partial charge on any atom is -0.378 e. The number of rotatable bonds is 3. The van der Waals surface area contributed by atoms with Crippen LogP contribution < -0.4 is 14.8 Å². The van der Waals surface area contributed by atoms with Gasteiger partial charge in [-0.3, -0.25) is 14.2 Å². The number of benzene rings is 1. The average molecular weight is 424 g/mol. The molecule has 1 aliphatic heterocycles. The summed E-state index contributed by atoms with van der Waals surface area (Å²) >= 11 is 2.69. The van der Waals surface area contributed by atoms with Crippen LogP contribution in [0, 0.1) is 11.3 Å². The fourth-order valence-electron chi connectivity index (χ4n) is 3.08. The fourth-order valence-corrected chi connectivity index (χ4v) is 4.90. The molecule has 8 heteroatoms. The lowest BCUT2D eigenvalue weighted by Gasteiger charge is -2.26. The Balaban J connectivity index is 1.98. The Morgan fingerprint density at radius 1 is 1.14 bits per heavy atom. The molecule has 3 aromatic rings. The molecule has 0 aliphatic carbocycles. The SMILES string of the molecule is N#CC(C(=O)N1CCOCC1)=c1sc(=Cc2cccs2)c(=O)n1-c1ccccc1. The minimum atomic E-state index is -0.371. The molecule has 2 aromatic heterocycles. The van der Waals surface area contributed by atoms with Crippen LogP contribution in [0.3, 0.4) is 0 Å². The van der Waals surface area contributed by atoms with Crippen LogP contribution in [0.1, 0.15) is 4.88 Å². The molecule has 0 radical (unpaired) electrons. The van der Waals surface area contributed by atoms with Crippen LogP contribution in [-0.4, -0.2) is 41.7 Å². The van der Waals surface area contributed by atoms with Crippen molar-refractivity contribution in [1.29, 1.82) is 5.26 Å². The van der Waals surface area contributed by atoms with Crippen molar-refractivity contribution in [3.05, 3.63) is 72.3 Å². The molecule has 6 nitrogen and oxygen atoms in total. The van der Waals surface area contributed by atoms with Crippen molar-refractivity contribution in [2.45, 2.75) is 0 Å². The molecular formula is C21H17N3O3S2. The quantitative estimate of drug-likeness (QED) is 0.637. The zero-order valence-corrected chi connectivity index (χ0v) is 17.0. The third kappa shape index (κ3) is 3.93. The summed E-state index contributed by atoms with van der Waals surface area (Å²) in [7, 11) is 0. The lowest BCUT2D eigenvalue weighted by atomic mass is 10.2. The van der Waals surface area contributed by atoms with Gasteiger partial charge in [-0.15, -0.1) is 22.7 Å². The van der Waals surface area contributed by atoms with Crippen LogP contribution >= 0.6 is 22.7 Å². The summed E-state index contributed by atoms with van der Waals surface area (Å²) in [5.74, 6) is -0.371. The smallest absolute Gasteiger partial charge is 0.273 e. The van der Waals surface area contributed by atoms with Gasteiger partial charge < -0.3 is 9.64 Å². The number of para-hydroxylation sites is 1. The zero-order valence-electron chi connectivity index (χ0n) is 15.4. The van der Waals surface area contributed by atoms with Crippen LogP contribution in [0.15, 0.2) is 52.6 Å². The Hall–Kier alpha value is -2.99. The zero-order chi connectivity index (χ0) is 20.2. The molecule has 3 heterocycles. The van der Waals surface area contributed by atoms with Crippen LogP contribution in [0.25, 0.3) is 17.3 Å². The second kappa shape index (κ2) is 8.57. The largest absolute Gasteiger partial charge is 0.378 e. The first kappa shape index (κ1) is 19.3. The molecule has 0 saturated carbocycles. The van der Waals surface area contributed by atoms with E-state index in [-0.39, 0.29) is 17.0 Å². The fraction of sp³-hybridized carbons (Fsp3) is 0.190. The van der Waals surface area contributed by atoms with Gasteiger partial charge in [-0.25, -0.2) is 0 Å². The van der Waals surface area contributed by atoms with Gasteiger partial charge in [-0.1, -0.05) is 24.3 Å². The number of hydrogen-bond acceptors (Lipinski definition) is 6. The third-order valence-corrected chi connectivity index (χ3v) is 6.40. The van der Waals surface area contributed by atoms with E-state index in [1.165, 1.54) is 27.2 Å². The van der Waals surface area contributed by atoms with E-state index in [1.54, 1.807) is 23.1 Å². The summed E-state index contributed by atoms with van der Waals surface area (Å²) in [5, 5.41) is 11.8. The second-order valence-electron chi connectivity index (χ2n) is 6.30. The van der Waals surface area contributed by atoms with E-state index >= 15 is 0 Å². The van der Waals surface area contributed by atoms with Gasteiger partial charge in [0.25, 0.3) is 11.5 Å². The number of nitriles is 1. The molecule has 0 N–H and O–H groups in total. The Morgan fingerprint density at radius 2 is 1.90 bits per heavy atom. The number of ether oxygens (including phenoxy) is 1. The predicted octanol–water partition coefficient (Wildman–Crippen LogP) is 1.32. The summed E-state index contributed by atoms with van der Waals surface area (Å²) in [4.78, 5) is 28.8. The van der Waals surface area contributed by atoms with Gasteiger partial charge in [0, 0.05) is 18.0 Å². The van der Waals surface area contributed by atoms with E-state index in [0.29, 0.717) is 41.2 Å². The van der Waals surface area contributed by atoms with Gasteiger partial charge in [0.15, 0.2) is 5.57 Å². The molecule has 0 spiro atoms. The van der Waals surface area contributed by atoms with Crippen molar-refractivity contribution in [3.8, 4) is 11.8 Å². The van der Waals surface area contributed by atoms with Gasteiger partial charge in [-0.05, 0) is 29.7 Å². The summed E-state index contributed by atoms with van der Waals surface area (Å²) in [6.07, 6.45) is 1.80. The summed E-state index contributed by atoms with van der Waals surface area (Å²) < 4.78 is 7.59. The monoisotopic (exact) mass is 423 g/mol. The normalized spacial score (nSPS) is 15.8. The second-order valence-corrected chi connectivity index (χ2v) is 8.31. The van der Waals surface area contributed by atoms with Gasteiger partial charge in [-0.2, -0.15) is 5.26 Å². The molecular weight excluding hydrogens is 406 g/mol. The highest BCUT2D eigenvalue weighted by Crippen LogP contribution is 2.10. The molecule has 1 aromatic carbocycles. The molecule has 0 unspecified atom stereocenters. The first-order valence-corrected chi connectivity index (χ1v) is 10.7. The number of morpholine rings is 1. The summed E-state index contributed by atoms with van der Waals surface area (Å²) in [6, 6.07) is 15.0. The summed E-state index contributed by atoms with van der Waals surface area (Å²) in [5.41, 5.74) is 0.355. The maximum atomic E-state index is 13.2. The number of hydrogen-bond donors (Lipinski definition) is 0. The van der Waals surface area contributed by atoms with E-state index in [2.05, 4.69) is 0 Å². The van der Waals surface area contributed by atoms with E-state index in [0.717, 1.165) is 4.88 Å². The predicted molar refractivity (Wildman–Crippen MR) is 113 cm³/mol. The molecule has 1 saturated heterocycles. The highest BCUT2D eigenvalue weighted by atomic mass is 32.1. The number of thiophene rings is 1. The van der Waals surface area contributed by atoms with Crippen LogP contribution in [0.5, 0.6) is 0 Å². The van der Waals surface area contributed by atoms with E-state index in [4.69, 9.17) is 4.74 Å². The molecule has 1 fully saturated rings. The van der Waals surface area contributed by atoms with E-state index in [1.807, 2.05) is 41.8 Å². The number of amides is 1. The standard InChI is InChI=1S/C21H17N3O3S2/c22-14-17(19(25)23-8-10-27-11-9-23)21-24(15-5-2-1-3-6-15)20(26)18(29-21)13-16-7-4-12-28-16/h1-7,12-13H,8-11H2. The Morgan fingerprint density at radius 3 is 2.55 bits per heavy atom. The van der Waals surface area contributed by atoms with Crippen LogP contribution in [0.4, 0.5) is 0 Å². The topological polar surface area (TPSA) is 75.3 Å². The first-order chi connectivity index (χ1) is 14.2. The van der Waals surface area contributed by atoms with Gasteiger partial charge in [0.2, 0.25) is 0 Å². The van der Waals surface area contributed by atoms with Crippen molar-refractivity contribution in [3.63, 3.8) is 0 Å². The Labute approximate surface area is 174 Å². The number of thiazole rings is 1. The van der Waals surface area contributed by atoms with Crippen molar-refractivity contribution >= 4 is 40.2 Å². The van der Waals surface area contributed by atoms with Crippen molar-refractivity contribution in [2.75, 3.05) is 26.3 Å². The Kier molecular flexibility index (Phi) is 5.71. The third-order valence-electron chi connectivity index (χ3n) is 4.49. The highest BCUT2D eigenvalue weighted by Gasteiger charge is 2.23. The van der Waals surface area contributed by atoms with Crippen LogP contribution in [0.2, 0.25) is 0 Å². The van der Waals surface area contributed by atoms with Crippen LogP contribution in [-0.2, 0) is 9.53 Å². The molecule has 29 heavy (non-hydrogen) atoms. The van der Waals surface area contributed by atoms with Crippen molar-refractivity contribution in [1.82, 2.24) is 9.47 Å². The molecule has 1 aliphatic rings. The molecule has 1 amide bonds. The first-order valence-electron chi connectivity index (χ1n) is 9.03. The molecule has 4 rings (SSSR count). The molecule has 0 atom stereocenters. The molecule has 0 bridgehead atoms. The average Bonchev–Trinajstić information content (AvgIpc) is 3.38. The van der Waals surface area contributed by atoms with Crippen molar-refractivity contribution in [2.24, 2.45) is 0 Å². The maximum absolute atomic E-state index is 13.2. The maximum Gasteiger partial charge on any atom is 0.273 e. The van der Waals surface area contributed by atoms with Gasteiger partial charge in [0.05, 0.1) is 23.4 Å². The lowest BCUT2D eigenvalue weighted by Crippen LogP contribution is -2.42.